The summed E-state index contributed by atoms with van der Waals surface area (Å²) in [5.41, 5.74) is 5.58. The van der Waals surface area contributed by atoms with Crippen molar-refractivity contribution in [3.63, 3.8) is 0 Å². The molecule has 2 rings (SSSR count). The summed E-state index contributed by atoms with van der Waals surface area (Å²) in [6.45, 7) is 3.95. The molecule has 0 heterocycles. The average molecular weight is 350 g/mol. The Morgan fingerprint density at radius 2 is 1.85 bits per heavy atom. The first-order valence-corrected chi connectivity index (χ1v) is 8.95. The largest absolute Gasteiger partial charge is 0.484 e. The summed E-state index contributed by atoms with van der Waals surface area (Å²) in [6.07, 6.45) is 7.23. The lowest BCUT2D eigenvalue weighted by Gasteiger charge is -2.06. The SMILES string of the molecule is CCCCc1ccc(OCC(=O)N/N=C(C)\C=C\c2ccccc2)cc1. The van der Waals surface area contributed by atoms with Gasteiger partial charge < -0.3 is 4.74 Å². The van der Waals surface area contributed by atoms with Gasteiger partial charge in [-0.1, -0.05) is 61.9 Å². The summed E-state index contributed by atoms with van der Waals surface area (Å²) in [7, 11) is 0. The zero-order valence-corrected chi connectivity index (χ0v) is 15.4. The molecule has 0 aliphatic rings. The first kappa shape index (κ1) is 19.4. The van der Waals surface area contributed by atoms with Gasteiger partial charge in [-0.05, 0) is 49.1 Å². The summed E-state index contributed by atoms with van der Waals surface area (Å²) in [5.74, 6) is 0.401. The first-order valence-electron chi connectivity index (χ1n) is 8.95. The van der Waals surface area contributed by atoms with E-state index >= 15 is 0 Å². The van der Waals surface area contributed by atoms with Crippen molar-refractivity contribution in [2.24, 2.45) is 5.10 Å². The van der Waals surface area contributed by atoms with Crippen LogP contribution in [0.15, 0.2) is 65.8 Å². The zero-order valence-electron chi connectivity index (χ0n) is 15.4. The van der Waals surface area contributed by atoms with Gasteiger partial charge in [0.15, 0.2) is 6.61 Å². The molecule has 0 fully saturated rings. The monoisotopic (exact) mass is 350 g/mol. The Labute approximate surface area is 155 Å². The highest BCUT2D eigenvalue weighted by Gasteiger charge is 2.02. The minimum atomic E-state index is -0.285. The predicted octanol–water partition coefficient (Wildman–Crippen LogP) is 4.61. The molecule has 2 aromatic rings. The number of hydrazone groups is 1. The third-order valence-corrected chi connectivity index (χ3v) is 3.79. The van der Waals surface area contributed by atoms with Crippen LogP contribution in [-0.2, 0) is 11.2 Å². The van der Waals surface area contributed by atoms with E-state index in [1.807, 2.05) is 73.7 Å². The maximum atomic E-state index is 11.8. The Morgan fingerprint density at radius 1 is 1.12 bits per heavy atom. The van der Waals surface area contributed by atoms with Crippen LogP contribution in [-0.4, -0.2) is 18.2 Å². The molecule has 4 nitrogen and oxygen atoms in total. The van der Waals surface area contributed by atoms with Crippen molar-refractivity contribution in [3.8, 4) is 5.75 Å². The van der Waals surface area contributed by atoms with Crippen LogP contribution >= 0.6 is 0 Å². The van der Waals surface area contributed by atoms with Crippen molar-refractivity contribution in [3.05, 3.63) is 71.8 Å². The lowest BCUT2D eigenvalue weighted by atomic mass is 10.1. The molecule has 1 N–H and O–H groups in total. The Hall–Kier alpha value is -2.88. The number of hydrogen-bond donors (Lipinski definition) is 1. The molecule has 0 unspecified atom stereocenters. The van der Waals surface area contributed by atoms with Gasteiger partial charge in [0.1, 0.15) is 5.75 Å². The number of unbranched alkanes of at least 4 members (excludes halogenated alkanes) is 1. The van der Waals surface area contributed by atoms with Crippen molar-refractivity contribution in [2.75, 3.05) is 6.61 Å². The summed E-state index contributed by atoms with van der Waals surface area (Å²) in [6, 6.07) is 17.8. The topological polar surface area (TPSA) is 50.7 Å². The zero-order chi connectivity index (χ0) is 18.6. The van der Waals surface area contributed by atoms with Gasteiger partial charge in [-0.15, -0.1) is 0 Å². The molecule has 0 aliphatic carbocycles. The van der Waals surface area contributed by atoms with Gasteiger partial charge in [0.25, 0.3) is 5.91 Å². The molecular weight excluding hydrogens is 324 g/mol. The van der Waals surface area contributed by atoms with Gasteiger partial charge in [-0.2, -0.15) is 5.10 Å². The van der Waals surface area contributed by atoms with Crippen LogP contribution in [0.5, 0.6) is 5.75 Å². The molecule has 0 saturated heterocycles. The summed E-state index contributed by atoms with van der Waals surface area (Å²) < 4.78 is 5.49. The first-order chi connectivity index (χ1) is 12.7. The van der Waals surface area contributed by atoms with Gasteiger partial charge in [0.2, 0.25) is 0 Å². The number of nitrogens with one attached hydrogen (secondary N) is 1. The van der Waals surface area contributed by atoms with Crippen LogP contribution in [0.2, 0.25) is 0 Å². The normalized spacial score (nSPS) is 11.5. The lowest BCUT2D eigenvalue weighted by molar-refractivity contribution is -0.123. The maximum Gasteiger partial charge on any atom is 0.277 e. The van der Waals surface area contributed by atoms with Gasteiger partial charge in [0, 0.05) is 0 Å². The molecule has 0 spiro atoms. The van der Waals surface area contributed by atoms with Crippen molar-refractivity contribution in [2.45, 2.75) is 33.1 Å². The Morgan fingerprint density at radius 3 is 2.54 bits per heavy atom. The minimum absolute atomic E-state index is 0.0620. The Bertz CT molecular complexity index is 734. The number of carbonyl (C=O) groups excluding carboxylic acids is 1. The fourth-order valence-corrected chi connectivity index (χ4v) is 2.28. The number of allylic oxidation sites excluding steroid dienone is 1. The van der Waals surface area contributed by atoms with Crippen molar-refractivity contribution < 1.29 is 9.53 Å². The number of amides is 1. The van der Waals surface area contributed by atoms with E-state index in [4.69, 9.17) is 4.74 Å². The van der Waals surface area contributed by atoms with Crippen molar-refractivity contribution >= 4 is 17.7 Å². The van der Waals surface area contributed by atoms with Gasteiger partial charge >= 0.3 is 0 Å². The van der Waals surface area contributed by atoms with Crippen molar-refractivity contribution in [1.29, 1.82) is 0 Å². The highest BCUT2D eigenvalue weighted by atomic mass is 16.5. The number of nitrogens with zero attached hydrogens (tertiary/aromatic N) is 1. The average Bonchev–Trinajstić information content (AvgIpc) is 2.69. The molecule has 136 valence electrons. The number of aryl methyl sites for hydroxylation is 1. The van der Waals surface area contributed by atoms with Crippen LogP contribution in [0.4, 0.5) is 0 Å². The standard InChI is InChI=1S/C22H26N2O2/c1-3-4-8-20-13-15-21(16-14-20)26-17-22(25)24-23-18(2)11-12-19-9-6-5-7-10-19/h5-7,9-16H,3-4,8,17H2,1-2H3,(H,24,25)/b12-11+,23-18-. The Balaban J connectivity index is 1.75. The van der Waals surface area contributed by atoms with Crippen molar-refractivity contribution in [1.82, 2.24) is 5.43 Å². The summed E-state index contributed by atoms with van der Waals surface area (Å²) in [5, 5.41) is 4.05. The van der Waals surface area contributed by atoms with E-state index in [9.17, 15) is 4.79 Å². The van der Waals surface area contributed by atoms with E-state index in [1.54, 1.807) is 0 Å². The Kier molecular flexibility index (Phi) is 8.13. The van der Waals surface area contributed by atoms with Gasteiger partial charge in [-0.25, -0.2) is 5.43 Å². The molecule has 0 saturated carbocycles. The third kappa shape index (κ3) is 7.34. The van der Waals surface area contributed by atoms with Crippen LogP contribution in [0.3, 0.4) is 0 Å². The summed E-state index contributed by atoms with van der Waals surface area (Å²) in [4.78, 5) is 11.8. The van der Waals surface area contributed by atoms with Crippen LogP contribution in [0.1, 0.15) is 37.8 Å². The van der Waals surface area contributed by atoms with Crippen LogP contribution in [0, 0.1) is 0 Å². The second kappa shape index (κ2) is 10.9. The van der Waals surface area contributed by atoms with E-state index in [2.05, 4.69) is 17.5 Å². The molecule has 0 bridgehead atoms. The minimum Gasteiger partial charge on any atom is -0.484 e. The van der Waals surface area contributed by atoms with Gasteiger partial charge in [0.05, 0.1) is 5.71 Å². The fraction of sp³-hybridized carbons (Fsp3) is 0.273. The summed E-state index contributed by atoms with van der Waals surface area (Å²) >= 11 is 0. The highest BCUT2D eigenvalue weighted by Crippen LogP contribution is 2.13. The second-order valence-electron chi connectivity index (χ2n) is 6.07. The molecule has 0 aromatic heterocycles. The molecule has 0 atom stereocenters. The van der Waals surface area contributed by atoms with E-state index in [1.165, 1.54) is 18.4 Å². The molecule has 0 radical (unpaired) electrons. The third-order valence-electron chi connectivity index (χ3n) is 3.79. The quantitative estimate of drug-likeness (QED) is 0.530. The maximum absolute atomic E-state index is 11.8. The molecule has 2 aromatic carbocycles. The predicted molar refractivity (Wildman–Crippen MR) is 107 cm³/mol. The second-order valence-corrected chi connectivity index (χ2v) is 6.07. The van der Waals surface area contributed by atoms with E-state index in [-0.39, 0.29) is 12.5 Å². The van der Waals surface area contributed by atoms with Crippen LogP contribution < -0.4 is 10.2 Å². The van der Waals surface area contributed by atoms with E-state index in [0.29, 0.717) is 11.5 Å². The number of carbonyl (C=O) groups is 1. The van der Waals surface area contributed by atoms with E-state index < -0.39 is 0 Å². The highest BCUT2D eigenvalue weighted by molar-refractivity contribution is 5.97. The van der Waals surface area contributed by atoms with E-state index in [0.717, 1.165) is 12.0 Å². The molecular formula is C22H26N2O2. The lowest BCUT2D eigenvalue weighted by Crippen LogP contribution is -2.25. The molecule has 4 heteroatoms. The van der Waals surface area contributed by atoms with Gasteiger partial charge in [-0.3, -0.25) is 4.79 Å². The number of benzene rings is 2. The smallest absolute Gasteiger partial charge is 0.277 e. The number of rotatable bonds is 9. The number of hydrogen-bond acceptors (Lipinski definition) is 3. The van der Waals surface area contributed by atoms with Crippen LogP contribution in [0.25, 0.3) is 6.08 Å². The molecule has 1 amide bonds. The molecule has 26 heavy (non-hydrogen) atoms. The number of ether oxygens (including phenoxy) is 1. The fourth-order valence-electron chi connectivity index (χ4n) is 2.28. The molecule has 0 aliphatic heterocycles.